The number of aliphatic carboxylic acids is 1. The van der Waals surface area contributed by atoms with Gasteiger partial charge in [0.15, 0.2) is 6.10 Å². The van der Waals surface area contributed by atoms with Crippen molar-refractivity contribution in [1.29, 1.82) is 0 Å². The van der Waals surface area contributed by atoms with Crippen molar-refractivity contribution in [3.05, 3.63) is 29.3 Å². The number of hydrogen-bond acceptors (Lipinski definition) is 3. The van der Waals surface area contributed by atoms with Crippen LogP contribution < -0.4 is 4.74 Å². The van der Waals surface area contributed by atoms with E-state index in [1.54, 1.807) is 31.2 Å². The number of carbonyl (C=O) groups excluding carboxylic acids is 1. The number of benzene rings is 1. The summed E-state index contributed by atoms with van der Waals surface area (Å²) in [5, 5.41) is 9.47. The van der Waals surface area contributed by atoms with Crippen LogP contribution in [0.2, 0.25) is 5.02 Å². The Kier molecular flexibility index (Phi) is 6.30. The highest BCUT2D eigenvalue weighted by atomic mass is 35.5. The van der Waals surface area contributed by atoms with Crippen LogP contribution in [0.5, 0.6) is 5.75 Å². The van der Waals surface area contributed by atoms with E-state index >= 15 is 0 Å². The van der Waals surface area contributed by atoms with Crippen molar-refractivity contribution in [2.24, 2.45) is 5.92 Å². The Labute approximate surface area is 134 Å². The summed E-state index contributed by atoms with van der Waals surface area (Å²) in [6.45, 7) is 2.35. The highest BCUT2D eigenvalue weighted by Gasteiger charge is 2.33. The maximum Gasteiger partial charge on any atom is 0.308 e. The minimum atomic E-state index is -0.858. The first kappa shape index (κ1) is 17.6. The lowest BCUT2D eigenvalue weighted by molar-refractivity contribution is -0.142. The fraction of sp³-hybridized carbons (Fsp3) is 0.429. The summed E-state index contributed by atoms with van der Waals surface area (Å²) in [6, 6.07) is 6.82. The molecule has 1 fully saturated rings. The lowest BCUT2D eigenvalue weighted by Crippen LogP contribution is -2.39. The Morgan fingerprint density at radius 1 is 1.48 bits per heavy atom. The highest BCUT2D eigenvalue weighted by molar-refractivity contribution is 6.30. The van der Waals surface area contributed by atoms with Gasteiger partial charge in [-0.3, -0.25) is 9.59 Å². The van der Waals surface area contributed by atoms with Crippen LogP contribution in [0.4, 0.5) is 0 Å². The molecule has 1 aliphatic heterocycles. The molecule has 21 heavy (non-hydrogen) atoms. The van der Waals surface area contributed by atoms with Crippen molar-refractivity contribution < 1.29 is 19.4 Å². The van der Waals surface area contributed by atoms with E-state index in [0.29, 0.717) is 23.7 Å². The minimum absolute atomic E-state index is 0. The average molecular weight is 334 g/mol. The lowest BCUT2D eigenvalue weighted by atomic mass is 10.1. The summed E-state index contributed by atoms with van der Waals surface area (Å²) in [4.78, 5) is 24.6. The summed E-state index contributed by atoms with van der Waals surface area (Å²) >= 11 is 5.85. The molecule has 116 valence electrons. The molecule has 0 aromatic heterocycles. The van der Waals surface area contributed by atoms with E-state index in [1.807, 2.05) is 0 Å². The van der Waals surface area contributed by atoms with Gasteiger partial charge in [-0.15, -0.1) is 12.4 Å². The van der Waals surface area contributed by atoms with Crippen LogP contribution in [-0.4, -0.2) is 41.1 Å². The lowest BCUT2D eigenvalue weighted by Gasteiger charge is -2.21. The number of hydrogen-bond donors (Lipinski definition) is 1. The molecule has 2 atom stereocenters. The fourth-order valence-corrected chi connectivity index (χ4v) is 2.39. The third-order valence-electron chi connectivity index (χ3n) is 3.31. The maximum absolute atomic E-state index is 12.2. The maximum atomic E-state index is 12.2. The Hall–Kier alpha value is -1.46. The molecule has 0 aliphatic carbocycles. The SMILES string of the molecule is CC(Oc1cccc(Cl)c1)C(=O)N1CCC(C(=O)O)C1.Cl. The van der Waals surface area contributed by atoms with Crippen LogP contribution >= 0.6 is 24.0 Å². The monoisotopic (exact) mass is 333 g/mol. The first-order valence-corrected chi connectivity index (χ1v) is 6.79. The van der Waals surface area contributed by atoms with Crippen molar-refractivity contribution in [2.75, 3.05) is 13.1 Å². The molecule has 1 aliphatic rings. The summed E-state index contributed by atoms with van der Waals surface area (Å²) < 4.78 is 5.54. The third kappa shape index (κ3) is 4.51. The molecule has 2 rings (SSSR count). The summed E-state index contributed by atoms with van der Waals surface area (Å²) in [6.07, 6.45) is -0.175. The number of amides is 1. The first-order chi connectivity index (χ1) is 9.47. The van der Waals surface area contributed by atoms with Gasteiger partial charge in [0, 0.05) is 18.1 Å². The Morgan fingerprint density at radius 3 is 2.76 bits per heavy atom. The van der Waals surface area contributed by atoms with E-state index in [0.717, 1.165) is 0 Å². The highest BCUT2D eigenvalue weighted by Crippen LogP contribution is 2.21. The molecule has 7 heteroatoms. The zero-order valence-electron chi connectivity index (χ0n) is 11.5. The van der Waals surface area contributed by atoms with Crippen LogP contribution in [0.25, 0.3) is 0 Å². The van der Waals surface area contributed by atoms with E-state index in [2.05, 4.69) is 0 Å². The van der Waals surface area contributed by atoms with E-state index in [4.69, 9.17) is 21.4 Å². The molecular weight excluding hydrogens is 317 g/mol. The van der Waals surface area contributed by atoms with Crippen LogP contribution in [0.15, 0.2) is 24.3 Å². The number of ether oxygens (including phenoxy) is 1. The summed E-state index contributed by atoms with van der Waals surface area (Å²) in [7, 11) is 0. The second-order valence-electron chi connectivity index (χ2n) is 4.83. The van der Waals surface area contributed by atoms with Crippen LogP contribution in [-0.2, 0) is 9.59 Å². The average Bonchev–Trinajstić information content (AvgIpc) is 2.87. The molecule has 5 nitrogen and oxygen atoms in total. The van der Waals surface area contributed by atoms with Crippen molar-refractivity contribution in [2.45, 2.75) is 19.4 Å². The number of halogens is 2. The van der Waals surface area contributed by atoms with Crippen molar-refractivity contribution in [1.82, 2.24) is 4.90 Å². The van der Waals surface area contributed by atoms with Gasteiger partial charge in [0.25, 0.3) is 5.91 Å². The second-order valence-corrected chi connectivity index (χ2v) is 5.26. The Morgan fingerprint density at radius 2 is 2.19 bits per heavy atom. The van der Waals surface area contributed by atoms with Crippen molar-refractivity contribution in [3.8, 4) is 5.75 Å². The molecule has 0 spiro atoms. The number of carboxylic acids is 1. The Bertz CT molecular complexity index is 523. The topological polar surface area (TPSA) is 66.8 Å². The van der Waals surface area contributed by atoms with Gasteiger partial charge in [0.05, 0.1) is 5.92 Å². The normalized spacial score (nSPS) is 18.8. The standard InChI is InChI=1S/C14H16ClNO4.ClH/c1-9(20-12-4-2-3-11(15)7-12)13(17)16-6-5-10(8-16)14(18)19;/h2-4,7,9-10H,5-6,8H2,1H3,(H,18,19);1H. The summed E-state index contributed by atoms with van der Waals surface area (Å²) in [5.74, 6) is -1.01. The predicted octanol–water partition coefficient (Wildman–Crippen LogP) is 2.46. The minimum Gasteiger partial charge on any atom is -0.481 e. The van der Waals surface area contributed by atoms with E-state index in [-0.39, 0.29) is 24.9 Å². The third-order valence-corrected chi connectivity index (χ3v) is 3.54. The van der Waals surface area contributed by atoms with E-state index < -0.39 is 18.0 Å². The van der Waals surface area contributed by atoms with Crippen LogP contribution in [0.1, 0.15) is 13.3 Å². The molecule has 1 saturated heterocycles. The fourth-order valence-electron chi connectivity index (χ4n) is 2.21. The molecule has 0 bridgehead atoms. The number of rotatable bonds is 4. The van der Waals surface area contributed by atoms with Gasteiger partial charge < -0.3 is 14.7 Å². The zero-order valence-corrected chi connectivity index (χ0v) is 13.1. The number of carbonyl (C=O) groups is 2. The molecule has 1 aromatic carbocycles. The van der Waals surface area contributed by atoms with Crippen LogP contribution in [0.3, 0.4) is 0 Å². The Balaban J connectivity index is 0.00000220. The molecule has 1 N–H and O–H groups in total. The van der Waals surface area contributed by atoms with Gasteiger partial charge in [-0.2, -0.15) is 0 Å². The van der Waals surface area contributed by atoms with E-state index in [1.165, 1.54) is 4.90 Å². The van der Waals surface area contributed by atoms with E-state index in [9.17, 15) is 9.59 Å². The smallest absolute Gasteiger partial charge is 0.308 e. The van der Waals surface area contributed by atoms with Gasteiger partial charge in [-0.25, -0.2) is 0 Å². The zero-order chi connectivity index (χ0) is 14.7. The van der Waals surface area contributed by atoms with Gasteiger partial charge in [0.1, 0.15) is 5.75 Å². The summed E-state index contributed by atoms with van der Waals surface area (Å²) in [5.41, 5.74) is 0. The molecule has 1 aromatic rings. The molecular formula is C14H17Cl2NO4. The van der Waals surface area contributed by atoms with Gasteiger partial charge >= 0.3 is 5.97 Å². The quantitative estimate of drug-likeness (QED) is 0.919. The van der Waals surface area contributed by atoms with Crippen molar-refractivity contribution in [3.63, 3.8) is 0 Å². The van der Waals surface area contributed by atoms with Gasteiger partial charge in [0.2, 0.25) is 0 Å². The number of nitrogens with zero attached hydrogens (tertiary/aromatic N) is 1. The predicted molar refractivity (Wildman–Crippen MR) is 81.1 cm³/mol. The van der Waals surface area contributed by atoms with Crippen molar-refractivity contribution >= 4 is 35.9 Å². The van der Waals surface area contributed by atoms with Gasteiger partial charge in [-0.1, -0.05) is 17.7 Å². The number of likely N-dealkylation sites (tertiary alicyclic amines) is 1. The molecule has 2 unspecified atom stereocenters. The van der Waals surface area contributed by atoms with Gasteiger partial charge in [-0.05, 0) is 31.5 Å². The molecule has 0 radical (unpaired) electrons. The first-order valence-electron chi connectivity index (χ1n) is 6.41. The molecule has 1 amide bonds. The largest absolute Gasteiger partial charge is 0.481 e. The second kappa shape index (κ2) is 7.52. The number of carboxylic acid groups (broad SMARTS) is 1. The molecule has 1 heterocycles. The molecule has 0 saturated carbocycles. The van der Waals surface area contributed by atoms with Crippen LogP contribution in [0, 0.1) is 5.92 Å².